The molecule has 7 heteroatoms. The van der Waals surface area contributed by atoms with Crippen molar-refractivity contribution in [2.45, 2.75) is 68.9 Å². The molecule has 5 nitrogen and oxygen atoms in total. The quantitative estimate of drug-likeness (QED) is 0.505. The number of benzene rings is 2. The van der Waals surface area contributed by atoms with Crippen molar-refractivity contribution >= 4 is 35.1 Å². The first-order chi connectivity index (χ1) is 16.4. The first kappa shape index (κ1) is 23.5. The number of carbonyl (C=O) groups excluding carboxylic acids is 2. The third-order valence-electron chi connectivity index (χ3n) is 8.07. The minimum Gasteiger partial charge on any atom is -0.354 e. The summed E-state index contributed by atoms with van der Waals surface area (Å²) in [7, 11) is 0. The van der Waals surface area contributed by atoms with Crippen LogP contribution in [0.15, 0.2) is 42.5 Å². The van der Waals surface area contributed by atoms with Crippen molar-refractivity contribution in [2.24, 2.45) is 5.92 Å². The predicted molar refractivity (Wildman–Crippen MR) is 136 cm³/mol. The molecule has 3 amide bonds. The lowest BCUT2D eigenvalue weighted by Crippen LogP contribution is -2.63. The fourth-order valence-corrected chi connectivity index (χ4v) is 6.92. The molecule has 3 aliphatic rings. The third-order valence-corrected chi connectivity index (χ3v) is 8.65. The van der Waals surface area contributed by atoms with Crippen LogP contribution in [0.3, 0.4) is 0 Å². The van der Waals surface area contributed by atoms with Gasteiger partial charge in [0.15, 0.2) is 0 Å². The molecule has 3 fully saturated rings. The third kappa shape index (κ3) is 4.29. The van der Waals surface area contributed by atoms with Gasteiger partial charge in [0.2, 0.25) is 5.91 Å². The standard InChI is InChI=1S/C27H31Cl2N3O2/c1-16-6-11-20(23(29)14-16)21-12-13-27(32-26(34)31-19-4-2-3-5-19)22(15-30-25(27)33)24(21)17-7-9-18(28)10-8-17/h6-11,14,19,21-22,24H,2-5,12-13,15H2,1H3,(H,30,33)(H2,31,32,34)/t21-,22-,24-,27-/m0/s1. The van der Waals surface area contributed by atoms with E-state index in [2.05, 4.69) is 28.1 Å². The van der Waals surface area contributed by atoms with Crippen LogP contribution in [-0.2, 0) is 4.79 Å². The summed E-state index contributed by atoms with van der Waals surface area (Å²) in [5.74, 6) is -0.0742. The number of fused-ring (bicyclic) bond motifs is 1. The molecule has 1 saturated heterocycles. The van der Waals surface area contributed by atoms with E-state index in [-0.39, 0.29) is 35.7 Å². The van der Waals surface area contributed by atoms with Gasteiger partial charge in [-0.3, -0.25) is 4.79 Å². The molecule has 0 aromatic heterocycles. The molecular weight excluding hydrogens is 469 g/mol. The number of urea groups is 1. The Morgan fingerprint density at radius 1 is 1.06 bits per heavy atom. The molecule has 34 heavy (non-hydrogen) atoms. The maximum absolute atomic E-state index is 13.3. The second-order valence-electron chi connectivity index (χ2n) is 10.1. The van der Waals surface area contributed by atoms with Crippen LogP contribution in [0.1, 0.15) is 67.1 Å². The molecule has 2 aromatic carbocycles. The summed E-state index contributed by atoms with van der Waals surface area (Å²) in [4.78, 5) is 26.3. The minimum atomic E-state index is -0.944. The predicted octanol–water partition coefficient (Wildman–Crippen LogP) is 5.69. The Kier molecular flexibility index (Phi) is 6.51. The van der Waals surface area contributed by atoms with Crippen LogP contribution in [0.5, 0.6) is 0 Å². The van der Waals surface area contributed by atoms with Crippen LogP contribution in [-0.4, -0.2) is 30.1 Å². The van der Waals surface area contributed by atoms with Crippen molar-refractivity contribution in [2.75, 3.05) is 6.54 Å². The van der Waals surface area contributed by atoms with E-state index < -0.39 is 5.54 Å². The van der Waals surface area contributed by atoms with E-state index in [4.69, 9.17) is 23.2 Å². The van der Waals surface area contributed by atoms with E-state index in [0.717, 1.165) is 53.8 Å². The van der Waals surface area contributed by atoms with E-state index in [0.29, 0.717) is 18.0 Å². The fraction of sp³-hybridized carbons (Fsp3) is 0.481. The van der Waals surface area contributed by atoms with Gasteiger partial charge in [-0.2, -0.15) is 0 Å². The molecule has 180 valence electrons. The Morgan fingerprint density at radius 3 is 2.50 bits per heavy atom. The number of amides is 3. The Balaban J connectivity index is 1.51. The summed E-state index contributed by atoms with van der Waals surface area (Å²) in [6.45, 7) is 2.54. The van der Waals surface area contributed by atoms with Crippen molar-refractivity contribution in [1.29, 1.82) is 0 Å². The molecule has 2 aromatic rings. The van der Waals surface area contributed by atoms with Gasteiger partial charge in [-0.15, -0.1) is 0 Å². The molecular formula is C27H31Cl2N3O2. The second-order valence-corrected chi connectivity index (χ2v) is 11.0. The summed E-state index contributed by atoms with van der Waals surface area (Å²) in [5.41, 5.74) is 2.37. The van der Waals surface area contributed by atoms with E-state index in [1.54, 1.807) is 0 Å². The Bertz CT molecular complexity index is 1080. The van der Waals surface area contributed by atoms with Gasteiger partial charge in [-0.05, 0) is 79.3 Å². The zero-order valence-corrected chi connectivity index (χ0v) is 20.9. The van der Waals surface area contributed by atoms with Crippen molar-refractivity contribution < 1.29 is 9.59 Å². The van der Waals surface area contributed by atoms with Crippen LogP contribution < -0.4 is 16.0 Å². The average molecular weight is 500 g/mol. The summed E-state index contributed by atoms with van der Waals surface area (Å²) >= 11 is 12.9. The van der Waals surface area contributed by atoms with Crippen molar-refractivity contribution in [3.63, 3.8) is 0 Å². The topological polar surface area (TPSA) is 70.2 Å². The zero-order chi connectivity index (χ0) is 23.9. The Hall–Kier alpha value is -2.24. The lowest BCUT2D eigenvalue weighted by molar-refractivity contribution is -0.126. The molecule has 1 heterocycles. The largest absolute Gasteiger partial charge is 0.354 e. The van der Waals surface area contributed by atoms with Gasteiger partial charge >= 0.3 is 6.03 Å². The van der Waals surface area contributed by atoms with Gasteiger partial charge < -0.3 is 16.0 Å². The first-order valence-corrected chi connectivity index (χ1v) is 13.0. The Labute approximate surface area is 211 Å². The van der Waals surface area contributed by atoms with Crippen molar-refractivity contribution in [1.82, 2.24) is 16.0 Å². The van der Waals surface area contributed by atoms with Gasteiger partial charge in [0.25, 0.3) is 0 Å². The summed E-state index contributed by atoms with van der Waals surface area (Å²) in [6.07, 6.45) is 5.58. The monoisotopic (exact) mass is 499 g/mol. The van der Waals surface area contributed by atoms with E-state index in [1.165, 1.54) is 0 Å². The minimum absolute atomic E-state index is 0.00282. The highest BCUT2D eigenvalue weighted by molar-refractivity contribution is 6.31. The molecule has 1 aliphatic heterocycles. The van der Waals surface area contributed by atoms with Crippen molar-refractivity contribution in [3.8, 4) is 0 Å². The summed E-state index contributed by atoms with van der Waals surface area (Å²) in [6, 6.07) is 14.0. The SMILES string of the molecule is Cc1ccc([C@@H]2CC[C@@]3(NC(=O)NC4CCCC4)C(=O)NC[C@H]3[C@H]2c2ccc(Cl)cc2)c(Cl)c1. The van der Waals surface area contributed by atoms with E-state index in [9.17, 15) is 9.59 Å². The van der Waals surface area contributed by atoms with Crippen LogP contribution in [0.2, 0.25) is 10.0 Å². The van der Waals surface area contributed by atoms with Gasteiger partial charge in [-0.25, -0.2) is 4.79 Å². The van der Waals surface area contributed by atoms with Crippen LogP contribution in [0.25, 0.3) is 0 Å². The average Bonchev–Trinajstić information content (AvgIpc) is 3.42. The number of aryl methyl sites for hydroxylation is 1. The van der Waals surface area contributed by atoms with Gasteiger partial charge in [-0.1, -0.05) is 60.3 Å². The maximum Gasteiger partial charge on any atom is 0.315 e. The molecule has 0 spiro atoms. The maximum atomic E-state index is 13.3. The highest BCUT2D eigenvalue weighted by atomic mass is 35.5. The molecule has 4 atom stereocenters. The number of carbonyl (C=O) groups is 2. The zero-order valence-electron chi connectivity index (χ0n) is 19.4. The highest BCUT2D eigenvalue weighted by Gasteiger charge is 2.58. The number of hydrogen-bond acceptors (Lipinski definition) is 2. The van der Waals surface area contributed by atoms with E-state index in [1.807, 2.05) is 37.3 Å². The van der Waals surface area contributed by atoms with Crippen LogP contribution >= 0.6 is 23.2 Å². The molecule has 2 aliphatic carbocycles. The number of nitrogens with one attached hydrogen (secondary N) is 3. The first-order valence-electron chi connectivity index (χ1n) is 12.3. The molecule has 0 radical (unpaired) electrons. The van der Waals surface area contributed by atoms with Crippen LogP contribution in [0, 0.1) is 12.8 Å². The highest BCUT2D eigenvalue weighted by Crippen LogP contribution is 2.54. The summed E-state index contributed by atoms with van der Waals surface area (Å²) in [5, 5.41) is 10.8. The van der Waals surface area contributed by atoms with Gasteiger partial charge in [0.1, 0.15) is 5.54 Å². The fourth-order valence-electron chi connectivity index (χ4n) is 6.42. The molecule has 0 bridgehead atoms. The lowest BCUT2D eigenvalue weighted by atomic mass is 9.60. The normalized spacial score (nSPS) is 28.9. The molecule has 2 saturated carbocycles. The molecule has 0 unspecified atom stereocenters. The summed E-state index contributed by atoms with van der Waals surface area (Å²) < 4.78 is 0. The smallest absolute Gasteiger partial charge is 0.315 e. The molecule has 3 N–H and O–H groups in total. The second kappa shape index (κ2) is 9.43. The van der Waals surface area contributed by atoms with E-state index >= 15 is 0 Å². The number of halogens is 2. The lowest BCUT2D eigenvalue weighted by Gasteiger charge is -2.46. The molecule has 5 rings (SSSR count). The number of rotatable bonds is 4. The van der Waals surface area contributed by atoms with Gasteiger partial charge in [0, 0.05) is 28.5 Å². The Morgan fingerprint density at radius 2 is 1.79 bits per heavy atom. The van der Waals surface area contributed by atoms with Gasteiger partial charge in [0.05, 0.1) is 0 Å². The van der Waals surface area contributed by atoms with Crippen molar-refractivity contribution in [3.05, 3.63) is 69.2 Å². The number of hydrogen-bond donors (Lipinski definition) is 3. The van der Waals surface area contributed by atoms with Crippen LogP contribution in [0.4, 0.5) is 4.79 Å².